The van der Waals surface area contributed by atoms with Gasteiger partial charge in [-0.2, -0.15) is 0 Å². The zero-order valence-electron chi connectivity index (χ0n) is 9.85. The van der Waals surface area contributed by atoms with Crippen molar-refractivity contribution in [3.05, 3.63) is 35.9 Å². The standard InChI is InChI=1S/C13H16N2O2/c1-2-11-13(17)15(9-12(16)14-11)8-10-6-4-3-5-7-10/h3-7,11H,2,8-9H2,1H3,(H,14,16). The van der Waals surface area contributed by atoms with Crippen LogP contribution in [0.5, 0.6) is 0 Å². The van der Waals surface area contributed by atoms with E-state index in [1.807, 2.05) is 37.3 Å². The van der Waals surface area contributed by atoms with Crippen molar-refractivity contribution < 1.29 is 9.59 Å². The van der Waals surface area contributed by atoms with Gasteiger partial charge in [-0.05, 0) is 12.0 Å². The van der Waals surface area contributed by atoms with E-state index in [1.54, 1.807) is 4.90 Å². The number of benzene rings is 1. The van der Waals surface area contributed by atoms with Gasteiger partial charge in [0.1, 0.15) is 6.04 Å². The van der Waals surface area contributed by atoms with E-state index in [-0.39, 0.29) is 24.4 Å². The molecule has 1 aromatic rings. The van der Waals surface area contributed by atoms with Crippen LogP contribution in [-0.4, -0.2) is 29.3 Å². The number of rotatable bonds is 3. The second-order valence-corrected chi connectivity index (χ2v) is 4.21. The molecule has 1 atom stereocenters. The fraction of sp³-hybridized carbons (Fsp3) is 0.385. The van der Waals surface area contributed by atoms with E-state index in [0.717, 1.165) is 5.56 Å². The molecule has 1 saturated heterocycles. The Morgan fingerprint density at radius 1 is 1.29 bits per heavy atom. The molecule has 0 bridgehead atoms. The molecular formula is C13H16N2O2. The lowest BCUT2D eigenvalue weighted by Gasteiger charge is -2.32. The van der Waals surface area contributed by atoms with Gasteiger partial charge in [-0.15, -0.1) is 0 Å². The molecule has 1 unspecified atom stereocenters. The molecule has 1 aliphatic rings. The minimum atomic E-state index is -0.361. The van der Waals surface area contributed by atoms with Crippen LogP contribution in [0.4, 0.5) is 0 Å². The van der Waals surface area contributed by atoms with Crippen molar-refractivity contribution in [3.63, 3.8) is 0 Å². The second-order valence-electron chi connectivity index (χ2n) is 4.21. The Bertz CT molecular complexity index is 417. The van der Waals surface area contributed by atoms with Crippen molar-refractivity contribution in [1.29, 1.82) is 0 Å². The number of nitrogens with zero attached hydrogens (tertiary/aromatic N) is 1. The second kappa shape index (κ2) is 4.99. The Morgan fingerprint density at radius 2 is 2.00 bits per heavy atom. The Kier molecular flexibility index (Phi) is 3.42. The van der Waals surface area contributed by atoms with Gasteiger partial charge in [0, 0.05) is 6.54 Å². The summed E-state index contributed by atoms with van der Waals surface area (Å²) in [5.74, 6) is -0.0664. The molecule has 1 heterocycles. The van der Waals surface area contributed by atoms with Gasteiger partial charge in [0.25, 0.3) is 0 Å². The molecule has 17 heavy (non-hydrogen) atoms. The van der Waals surface area contributed by atoms with Crippen LogP contribution in [0.2, 0.25) is 0 Å². The first kappa shape index (κ1) is 11.6. The van der Waals surface area contributed by atoms with Crippen LogP contribution in [0.3, 0.4) is 0 Å². The van der Waals surface area contributed by atoms with Crippen molar-refractivity contribution in [2.24, 2.45) is 0 Å². The number of carbonyl (C=O) groups excluding carboxylic acids is 2. The molecule has 0 aliphatic carbocycles. The third kappa shape index (κ3) is 2.64. The molecular weight excluding hydrogens is 216 g/mol. The summed E-state index contributed by atoms with van der Waals surface area (Å²) in [5, 5.41) is 2.70. The fourth-order valence-corrected chi connectivity index (χ4v) is 1.99. The minimum absolute atomic E-state index is 0.0101. The quantitative estimate of drug-likeness (QED) is 0.842. The summed E-state index contributed by atoms with van der Waals surface area (Å²) in [4.78, 5) is 25.1. The van der Waals surface area contributed by atoms with E-state index in [0.29, 0.717) is 13.0 Å². The van der Waals surface area contributed by atoms with E-state index in [9.17, 15) is 9.59 Å². The zero-order valence-corrected chi connectivity index (χ0v) is 9.85. The van der Waals surface area contributed by atoms with Crippen LogP contribution in [-0.2, 0) is 16.1 Å². The molecule has 1 aliphatic heterocycles. The Balaban J connectivity index is 2.09. The Labute approximate surface area is 101 Å². The Hall–Kier alpha value is -1.84. The van der Waals surface area contributed by atoms with Crippen molar-refractivity contribution in [1.82, 2.24) is 10.2 Å². The average molecular weight is 232 g/mol. The van der Waals surface area contributed by atoms with Crippen molar-refractivity contribution >= 4 is 11.8 Å². The highest BCUT2D eigenvalue weighted by atomic mass is 16.2. The summed E-state index contributed by atoms with van der Waals surface area (Å²) in [7, 11) is 0. The van der Waals surface area contributed by atoms with Gasteiger partial charge >= 0.3 is 0 Å². The lowest BCUT2D eigenvalue weighted by Crippen LogP contribution is -2.57. The van der Waals surface area contributed by atoms with E-state index in [1.165, 1.54) is 0 Å². The van der Waals surface area contributed by atoms with E-state index in [4.69, 9.17) is 0 Å². The first-order chi connectivity index (χ1) is 8.20. The smallest absolute Gasteiger partial charge is 0.245 e. The molecule has 0 aromatic heterocycles. The first-order valence-electron chi connectivity index (χ1n) is 5.82. The number of piperazine rings is 1. The van der Waals surface area contributed by atoms with Gasteiger partial charge in [-0.3, -0.25) is 9.59 Å². The molecule has 0 spiro atoms. The van der Waals surface area contributed by atoms with E-state index >= 15 is 0 Å². The molecule has 0 radical (unpaired) electrons. The third-order valence-corrected chi connectivity index (χ3v) is 2.90. The van der Waals surface area contributed by atoms with Crippen molar-refractivity contribution in [2.45, 2.75) is 25.9 Å². The molecule has 1 N–H and O–H groups in total. The van der Waals surface area contributed by atoms with Crippen LogP contribution in [0.25, 0.3) is 0 Å². The lowest BCUT2D eigenvalue weighted by atomic mass is 10.1. The van der Waals surface area contributed by atoms with Crippen LogP contribution >= 0.6 is 0 Å². The number of hydrogen-bond acceptors (Lipinski definition) is 2. The molecule has 4 heteroatoms. The predicted molar refractivity (Wildman–Crippen MR) is 64.1 cm³/mol. The number of amides is 2. The maximum atomic E-state index is 12.0. The number of nitrogens with one attached hydrogen (secondary N) is 1. The van der Waals surface area contributed by atoms with Crippen LogP contribution in [0, 0.1) is 0 Å². The minimum Gasteiger partial charge on any atom is -0.343 e. The number of hydrogen-bond donors (Lipinski definition) is 1. The van der Waals surface area contributed by atoms with Gasteiger partial charge in [0.2, 0.25) is 11.8 Å². The molecule has 1 fully saturated rings. The van der Waals surface area contributed by atoms with Gasteiger partial charge in [-0.25, -0.2) is 0 Å². The highest BCUT2D eigenvalue weighted by Gasteiger charge is 2.30. The fourth-order valence-electron chi connectivity index (χ4n) is 1.99. The van der Waals surface area contributed by atoms with E-state index < -0.39 is 0 Å². The molecule has 4 nitrogen and oxygen atoms in total. The normalized spacial score (nSPS) is 20.3. The maximum Gasteiger partial charge on any atom is 0.245 e. The molecule has 2 amide bonds. The highest BCUT2D eigenvalue weighted by molar-refractivity contribution is 5.94. The first-order valence-corrected chi connectivity index (χ1v) is 5.82. The summed E-state index contributed by atoms with van der Waals surface area (Å²) < 4.78 is 0. The highest BCUT2D eigenvalue weighted by Crippen LogP contribution is 2.10. The zero-order chi connectivity index (χ0) is 12.3. The van der Waals surface area contributed by atoms with Crippen LogP contribution in [0.15, 0.2) is 30.3 Å². The largest absolute Gasteiger partial charge is 0.343 e. The summed E-state index contributed by atoms with van der Waals surface area (Å²) in [5.41, 5.74) is 1.05. The molecule has 0 saturated carbocycles. The van der Waals surface area contributed by atoms with Gasteiger partial charge in [-0.1, -0.05) is 37.3 Å². The SMILES string of the molecule is CCC1NC(=O)CN(Cc2ccccc2)C1=O. The van der Waals surface area contributed by atoms with Crippen molar-refractivity contribution in [2.75, 3.05) is 6.54 Å². The predicted octanol–water partition coefficient (Wildman–Crippen LogP) is 0.924. The summed E-state index contributed by atoms with van der Waals surface area (Å²) in [6, 6.07) is 9.35. The average Bonchev–Trinajstić information content (AvgIpc) is 2.34. The maximum absolute atomic E-state index is 12.0. The van der Waals surface area contributed by atoms with Crippen LogP contribution < -0.4 is 5.32 Å². The number of carbonyl (C=O) groups is 2. The molecule has 90 valence electrons. The summed E-state index contributed by atoms with van der Waals surface area (Å²) in [6.45, 7) is 2.56. The monoisotopic (exact) mass is 232 g/mol. The van der Waals surface area contributed by atoms with Gasteiger partial charge < -0.3 is 10.2 Å². The lowest BCUT2D eigenvalue weighted by molar-refractivity contribution is -0.144. The summed E-state index contributed by atoms with van der Waals surface area (Å²) in [6.07, 6.45) is 0.635. The topological polar surface area (TPSA) is 49.4 Å². The summed E-state index contributed by atoms with van der Waals surface area (Å²) >= 11 is 0. The van der Waals surface area contributed by atoms with Crippen LogP contribution in [0.1, 0.15) is 18.9 Å². The third-order valence-electron chi connectivity index (χ3n) is 2.90. The molecule has 2 rings (SSSR count). The van der Waals surface area contributed by atoms with Gasteiger partial charge in [0.05, 0.1) is 6.54 Å². The van der Waals surface area contributed by atoms with Gasteiger partial charge in [0.15, 0.2) is 0 Å². The Morgan fingerprint density at radius 3 is 2.65 bits per heavy atom. The van der Waals surface area contributed by atoms with Crippen molar-refractivity contribution in [3.8, 4) is 0 Å². The van der Waals surface area contributed by atoms with E-state index in [2.05, 4.69) is 5.32 Å². The molecule has 1 aromatic carbocycles.